The summed E-state index contributed by atoms with van der Waals surface area (Å²) in [4.78, 5) is 27.4. The van der Waals surface area contributed by atoms with Gasteiger partial charge in [0, 0.05) is 42.8 Å². The lowest BCUT2D eigenvalue weighted by atomic mass is 9.96. The molecule has 0 saturated carbocycles. The highest BCUT2D eigenvalue weighted by molar-refractivity contribution is 6.30. The van der Waals surface area contributed by atoms with Crippen LogP contribution in [0.5, 0.6) is 0 Å². The molecule has 1 aromatic heterocycles. The van der Waals surface area contributed by atoms with Gasteiger partial charge in [-0.1, -0.05) is 37.6 Å². The van der Waals surface area contributed by atoms with Crippen LogP contribution in [0.1, 0.15) is 56.8 Å². The van der Waals surface area contributed by atoms with Crippen LogP contribution in [0, 0.1) is 0 Å². The van der Waals surface area contributed by atoms with Gasteiger partial charge in [0.25, 0.3) is 0 Å². The predicted octanol–water partition coefficient (Wildman–Crippen LogP) is 4.07. The van der Waals surface area contributed by atoms with E-state index in [-0.39, 0.29) is 30.0 Å². The average Bonchev–Trinajstić information content (AvgIpc) is 3.08. The van der Waals surface area contributed by atoms with Gasteiger partial charge < -0.3 is 25.2 Å². The molecule has 0 radical (unpaired) electrons. The quantitative estimate of drug-likeness (QED) is 0.623. The Bertz CT molecular complexity index is 1090. The Hall–Kier alpha value is -2.84. The van der Waals surface area contributed by atoms with Crippen LogP contribution in [0.15, 0.2) is 43.1 Å². The molecule has 2 aromatic rings. The van der Waals surface area contributed by atoms with Gasteiger partial charge >= 0.3 is 0 Å². The van der Waals surface area contributed by atoms with E-state index in [4.69, 9.17) is 16.3 Å². The molecule has 2 bridgehead atoms. The molecule has 9 heteroatoms. The van der Waals surface area contributed by atoms with Crippen molar-refractivity contribution < 1.29 is 9.53 Å². The fraction of sp³-hybridized carbons (Fsp3) is 0.500. The maximum absolute atomic E-state index is 13.8. The van der Waals surface area contributed by atoms with Gasteiger partial charge in [0.05, 0.1) is 11.5 Å². The van der Waals surface area contributed by atoms with Crippen molar-refractivity contribution in [1.82, 2.24) is 20.2 Å². The third-order valence-corrected chi connectivity index (χ3v) is 7.44. The first-order valence-electron chi connectivity index (χ1n) is 12.3. The number of halogens is 1. The molecule has 2 unspecified atom stereocenters. The van der Waals surface area contributed by atoms with Crippen LogP contribution >= 0.6 is 11.6 Å². The SMILES string of the molecule is C=C1Nc2ncnc(N3C4CCC3CN(C(=O)[C@H](CNC(C)C)c3ccc(Cl)cc3)C4)c2[C@H](C)O1. The van der Waals surface area contributed by atoms with Crippen LogP contribution in [-0.2, 0) is 9.53 Å². The molecule has 0 spiro atoms. The second-order valence-electron chi connectivity index (χ2n) is 9.97. The molecule has 2 N–H and O–H groups in total. The second kappa shape index (κ2) is 9.66. The van der Waals surface area contributed by atoms with E-state index in [9.17, 15) is 4.79 Å². The van der Waals surface area contributed by atoms with E-state index in [1.165, 1.54) is 0 Å². The second-order valence-corrected chi connectivity index (χ2v) is 10.4. The summed E-state index contributed by atoms with van der Waals surface area (Å²) in [5.41, 5.74) is 1.95. The molecule has 0 aliphatic carbocycles. The van der Waals surface area contributed by atoms with Crippen molar-refractivity contribution in [3.05, 3.63) is 59.2 Å². The highest BCUT2D eigenvalue weighted by Crippen LogP contribution is 2.42. The number of rotatable bonds is 6. The first kappa shape index (κ1) is 23.9. The van der Waals surface area contributed by atoms with Crippen molar-refractivity contribution in [2.75, 3.05) is 29.9 Å². The molecule has 8 nitrogen and oxygen atoms in total. The Balaban J connectivity index is 1.38. The minimum atomic E-state index is -0.254. The Morgan fingerprint density at radius 1 is 1.23 bits per heavy atom. The van der Waals surface area contributed by atoms with Crippen LogP contribution in [-0.4, -0.2) is 58.5 Å². The minimum Gasteiger partial charge on any atom is -0.471 e. The number of likely N-dealkylation sites (tertiary alicyclic amines) is 1. The Morgan fingerprint density at radius 3 is 2.57 bits per heavy atom. The minimum absolute atomic E-state index is 0.163. The summed E-state index contributed by atoms with van der Waals surface area (Å²) in [6.07, 6.45) is 3.46. The van der Waals surface area contributed by atoms with Gasteiger partial charge in [0.15, 0.2) is 5.88 Å². The lowest BCUT2D eigenvalue weighted by Crippen LogP contribution is -2.57. The molecule has 4 atom stereocenters. The van der Waals surface area contributed by atoms with Crippen molar-refractivity contribution in [1.29, 1.82) is 0 Å². The molecular weight excluding hydrogens is 464 g/mol. The number of hydrogen-bond donors (Lipinski definition) is 2. The fourth-order valence-electron chi connectivity index (χ4n) is 5.55. The van der Waals surface area contributed by atoms with Gasteiger partial charge in [-0.05, 0) is 44.0 Å². The van der Waals surface area contributed by atoms with E-state index in [0.717, 1.165) is 35.6 Å². The number of nitrogens with one attached hydrogen (secondary N) is 2. The molecule has 4 heterocycles. The summed E-state index contributed by atoms with van der Waals surface area (Å²) in [6, 6.07) is 8.36. The Morgan fingerprint density at radius 2 is 1.91 bits per heavy atom. The number of fused-ring (bicyclic) bond motifs is 3. The molecule has 2 fully saturated rings. The van der Waals surface area contributed by atoms with Gasteiger partial charge in [0.1, 0.15) is 24.1 Å². The van der Waals surface area contributed by atoms with Crippen LogP contribution in [0.2, 0.25) is 5.02 Å². The van der Waals surface area contributed by atoms with Crippen LogP contribution in [0.3, 0.4) is 0 Å². The van der Waals surface area contributed by atoms with E-state index in [2.05, 4.69) is 45.9 Å². The molecule has 3 aliphatic rings. The summed E-state index contributed by atoms with van der Waals surface area (Å²) in [5.74, 6) is 2.06. The molecule has 35 heavy (non-hydrogen) atoms. The third-order valence-electron chi connectivity index (χ3n) is 7.19. The molecule has 186 valence electrons. The highest BCUT2D eigenvalue weighted by atomic mass is 35.5. The van der Waals surface area contributed by atoms with Crippen molar-refractivity contribution in [3.8, 4) is 0 Å². The van der Waals surface area contributed by atoms with Gasteiger partial charge in [-0.15, -0.1) is 0 Å². The maximum atomic E-state index is 13.8. The summed E-state index contributed by atoms with van der Waals surface area (Å²) >= 11 is 6.12. The monoisotopic (exact) mass is 496 g/mol. The van der Waals surface area contributed by atoms with Crippen molar-refractivity contribution >= 4 is 29.1 Å². The number of hydrogen-bond acceptors (Lipinski definition) is 7. The summed E-state index contributed by atoms with van der Waals surface area (Å²) in [6.45, 7) is 12.0. The normalized spacial score (nSPS) is 24.1. The predicted molar refractivity (Wildman–Crippen MR) is 137 cm³/mol. The molecule has 2 saturated heterocycles. The number of benzene rings is 1. The number of piperazine rings is 1. The summed E-state index contributed by atoms with van der Waals surface area (Å²) in [5, 5.41) is 7.26. The zero-order valence-corrected chi connectivity index (χ0v) is 21.3. The van der Waals surface area contributed by atoms with Crippen LogP contribution < -0.4 is 15.5 Å². The first-order chi connectivity index (χ1) is 16.8. The maximum Gasteiger partial charge on any atom is 0.231 e. The molecule has 1 aromatic carbocycles. The molecule has 1 amide bonds. The summed E-state index contributed by atoms with van der Waals surface area (Å²) in [7, 11) is 0. The van der Waals surface area contributed by atoms with Gasteiger partial charge in [-0.2, -0.15) is 0 Å². The van der Waals surface area contributed by atoms with Crippen molar-refractivity contribution in [3.63, 3.8) is 0 Å². The number of ether oxygens (including phenoxy) is 1. The number of aromatic nitrogens is 2. The standard InChI is InChI=1S/C26H33ClN6O2/c1-15(2)28-11-22(18-5-7-19(27)8-6-18)26(34)32-12-20-9-10-21(13-32)33(20)25-23-16(3)35-17(4)31-24(23)29-14-30-25/h5-8,14-16,20-22,28H,4,9-13H2,1-3H3,(H,29,30,31)/t16-,20?,21?,22+/m0/s1. The van der Waals surface area contributed by atoms with Crippen molar-refractivity contribution in [2.24, 2.45) is 0 Å². The fourth-order valence-corrected chi connectivity index (χ4v) is 5.67. The van der Waals surface area contributed by atoms with Gasteiger partial charge in [0.2, 0.25) is 5.91 Å². The topological polar surface area (TPSA) is 82.6 Å². The largest absolute Gasteiger partial charge is 0.471 e. The van der Waals surface area contributed by atoms with Gasteiger partial charge in [-0.3, -0.25) is 4.79 Å². The van der Waals surface area contributed by atoms with E-state index in [1.54, 1.807) is 6.33 Å². The van der Waals surface area contributed by atoms with Crippen molar-refractivity contribution in [2.45, 2.75) is 63.8 Å². The average molecular weight is 497 g/mol. The molecule has 5 rings (SSSR count). The van der Waals surface area contributed by atoms with E-state index in [1.807, 2.05) is 36.1 Å². The van der Waals surface area contributed by atoms with E-state index >= 15 is 0 Å². The first-order valence-corrected chi connectivity index (χ1v) is 12.7. The Labute approximate surface area is 211 Å². The zero-order valence-electron chi connectivity index (χ0n) is 20.5. The number of amides is 1. The molecular formula is C26H33ClN6O2. The van der Waals surface area contributed by atoms with Crippen LogP contribution in [0.4, 0.5) is 11.6 Å². The highest BCUT2D eigenvalue weighted by Gasteiger charge is 2.45. The summed E-state index contributed by atoms with van der Waals surface area (Å²) < 4.78 is 5.84. The zero-order chi connectivity index (χ0) is 24.7. The molecule has 3 aliphatic heterocycles. The Kier molecular flexibility index (Phi) is 6.59. The third kappa shape index (κ3) is 4.69. The lowest BCUT2D eigenvalue weighted by Gasteiger charge is -2.44. The lowest BCUT2D eigenvalue weighted by molar-refractivity contribution is -0.133. The van der Waals surface area contributed by atoms with E-state index < -0.39 is 0 Å². The number of carbonyl (C=O) groups is 1. The van der Waals surface area contributed by atoms with E-state index in [0.29, 0.717) is 36.6 Å². The van der Waals surface area contributed by atoms with Gasteiger partial charge in [-0.25, -0.2) is 9.97 Å². The smallest absolute Gasteiger partial charge is 0.231 e. The number of anilines is 2. The number of nitrogens with zero attached hydrogens (tertiary/aromatic N) is 4. The number of carbonyl (C=O) groups excluding carboxylic acids is 1. The van der Waals surface area contributed by atoms with Crippen LogP contribution in [0.25, 0.3) is 0 Å².